The molecule has 0 fully saturated rings. The average molecular weight is 327 g/mol. The monoisotopic (exact) mass is 326 g/mol. The standard InChI is InChI=1S/C11H11BrN4O3/c1-7-11(15-19-14-7)13-9(17)4-5-16-6-8(12)2-3-10(16)18/h2-3,6H,4-5H2,1H3,(H,13,15,17). The fourth-order valence-electron chi connectivity index (χ4n) is 1.44. The van der Waals surface area contributed by atoms with Crippen LogP contribution in [0.4, 0.5) is 5.82 Å². The highest BCUT2D eigenvalue weighted by Gasteiger charge is 2.09. The average Bonchev–Trinajstić information content (AvgIpc) is 2.76. The second-order valence-electron chi connectivity index (χ2n) is 3.88. The van der Waals surface area contributed by atoms with E-state index in [2.05, 4.69) is 36.2 Å². The quantitative estimate of drug-likeness (QED) is 0.915. The number of pyridine rings is 1. The van der Waals surface area contributed by atoms with E-state index in [1.54, 1.807) is 19.2 Å². The van der Waals surface area contributed by atoms with Gasteiger partial charge in [-0.1, -0.05) is 5.16 Å². The summed E-state index contributed by atoms with van der Waals surface area (Å²) in [6.07, 6.45) is 1.79. The van der Waals surface area contributed by atoms with Gasteiger partial charge in [-0.15, -0.1) is 0 Å². The van der Waals surface area contributed by atoms with E-state index in [0.29, 0.717) is 11.5 Å². The van der Waals surface area contributed by atoms with Crippen LogP contribution < -0.4 is 10.9 Å². The summed E-state index contributed by atoms with van der Waals surface area (Å²) in [7, 11) is 0. The molecule has 2 aromatic heterocycles. The lowest BCUT2D eigenvalue weighted by atomic mass is 10.3. The predicted octanol–water partition coefficient (Wildman–Crippen LogP) is 1.33. The van der Waals surface area contributed by atoms with E-state index in [0.717, 1.165) is 4.47 Å². The molecule has 19 heavy (non-hydrogen) atoms. The van der Waals surface area contributed by atoms with Crippen LogP contribution in [0, 0.1) is 6.92 Å². The summed E-state index contributed by atoms with van der Waals surface area (Å²) in [5.74, 6) is 0.0391. The Labute approximate surface area is 116 Å². The van der Waals surface area contributed by atoms with Gasteiger partial charge in [0, 0.05) is 29.7 Å². The third-order valence-corrected chi connectivity index (χ3v) is 2.91. The van der Waals surface area contributed by atoms with Gasteiger partial charge in [0.25, 0.3) is 5.56 Å². The fourth-order valence-corrected chi connectivity index (χ4v) is 1.82. The van der Waals surface area contributed by atoms with Gasteiger partial charge in [0.1, 0.15) is 5.69 Å². The second kappa shape index (κ2) is 5.79. The minimum absolute atomic E-state index is 0.155. The van der Waals surface area contributed by atoms with Gasteiger partial charge in [0.05, 0.1) is 0 Å². The molecule has 2 rings (SSSR count). The summed E-state index contributed by atoms with van der Waals surface area (Å²) in [5.41, 5.74) is 0.350. The van der Waals surface area contributed by atoms with Crippen LogP contribution in [0.25, 0.3) is 0 Å². The molecule has 0 bridgehead atoms. The fraction of sp³-hybridized carbons (Fsp3) is 0.273. The van der Waals surface area contributed by atoms with Crippen LogP contribution in [0.2, 0.25) is 0 Å². The van der Waals surface area contributed by atoms with E-state index >= 15 is 0 Å². The van der Waals surface area contributed by atoms with Crippen molar-refractivity contribution < 1.29 is 9.42 Å². The van der Waals surface area contributed by atoms with Gasteiger partial charge in [0.2, 0.25) is 5.91 Å². The van der Waals surface area contributed by atoms with E-state index in [-0.39, 0.29) is 24.4 Å². The first-order chi connectivity index (χ1) is 9.06. The third-order valence-electron chi connectivity index (χ3n) is 2.44. The molecule has 0 atom stereocenters. The minimum atomic E-state index is -0.259. The topological polar surface area (TPSA) is 90.0 Å². The molecule has 0 spiro atoms. The van der Waals surface area contributed by atoms with Crippen LogP contribution >= 0.6 is 15.9 Å². The van der Waals surface area contributed by atoms with Crippen molar-refractivity contribution in [2.45, 2.75) is 19.9 Å². The van der Waals surface area contributed by atoms with E-state index in [4.69, 9.17) is 0 Å². The van der Waals surface area contributed by atoms with Crippen molar-refractivity contribution >= 4 is 27.7 Å². The lowest BCUT2D eigenvalue weighted by Gasteiger charge is -2.05. The number of rotatable bonds is 4. The SMILES string of the molecule is Cc1nonc1NC(=O)CCn1cc(Br)ccc1=O. The van der Waals surface area contributed by atoms with Gasteiger partial charge < -0.3 is 9.88 Å². The first kappa shape index (κ1) is 13.5. The molecule has 0 aliphatic rings. The molecular formula is C11H11BrN4O3. The summed E-state index contributed by atoms with van der Waals surface area (Å²) in [6, 6.07) is 3.09. The van der Waals surface area contributed by atoms with Crippen molar-refractivity contribution in [3.8, 4) is 0 Å². The Morgan fingerprint density at radius 2 is 2.26 bits per heavy atom. The zero-order valence-corrected chi connectivity index (χ0v) is 11.7. The molecule has 8 heteroatoms. The molecule has 0 saturated heterocycles. The number of hydrogen-bond donors (Lipinski definition) is 1. The number of aryl methyl sites for hydroxylation is 2. The molecule has 0 radical (unpaired) electrons. The van der Waals surface area contributed by atoms with Crippen LogP contribution in [0.1, 0.15) is 12.1 Å². The van der Waals surface area contributed by atoms with Gasteiger partial charge in [-0.3, -0.25) is 9.59 Å². The number of nitrogens with one attached hydrogen (secondary N) is 1. The second-order valence-corrected chi connectivity index (χ2v) is 4.79. The Balaban J connectivity index is 1.95. The largest absolute Gasteiger partial charge is 0.314 e. The maximum Gasteiger partial charge on any atom is 0.250 e. The van der Waals surface area contributed by atoms with E-state index in [9.17, 15) is 9.59 Å². The van der Waals surface area contributed by atoms with E-state index in [1.807, 2.05) is 0 Å². The summed E-state index contributed by atoms with van der Waals surface area (Å²) in [6.45, 7) is 1.96. The summed E-state index contributed by atoms with van der Waals surface area (Å²) < 4.78 is 6.71. The Hall–Kier alpha value is -1.96. The first-order valence-electron chi connectivity index (χ1n) is 5.51. The smallest absolute Gasteiger partial charge is 0.250 e. The highest BCUT2D eigenvalue weighted by atomic mass is 79.9. The molecule has 7 nitrogen and oxygen atoms in total. The number of aromatic nitrogens is 3. The maximum atomic E-state index is 11.7. The Morgan fingerprint density at radius 1 is 1.47 bits per heavy atom. The summed E-state index contributed by atoms with van der Waals surface area (Å²) >= 11 is 3.27. The van der Waals surface area contributed by atoms with Gasteiger partial charge in [-0.05, 0) is 34.1 Å². The maximum absolute atomic E-state index is 11.7. The first-order valence-corrected chi connectivity index (χ1v) is 6.30. The van der Waals surface area contributed by atoms with Crippen molar-refractivity contribution in [2.24, 2.45) is 0 Å². The molecule has 0 aliphatic carbocycles. The minimum Gasteiger partial charge on any atom is -0.314 e. The van der Waals surface area contributed by atoms with Crippen molar-refractivity contribution in [1.82, 2.24) is 14.9 Å². The van der Waals surface area contributed by atoms with Gasteiger partial charge in [-0.25, -0.2) is 4.63 Å². The molecular weight excluding hydrogens is 316 g/mol. The molecule has 1 amide bonds. The van der Waals surface area contributed by atoms with Crippen LogP contribution in [-0.2, 0) is 11.3 Å². The summed E-state index contributed by atoms with van der Waals surface area (Å²) in [5, 5.41) is 9.66. The molecule has 2 heterocycles. The Bertz CT molecular complexity index is 649. The highest BCUT2D eigenvalue weighted by molar-refractivity contribution is 9.10. The molecule has 1 N–H and O–H groups in total. The zero-order valence-electron chi connectivity index (χ0n) is 10.1. The third kappa shape index (κ3) is 3.50. The van der Waals surface area contributed by atoms with Crippen molar-refractivity contribution in [3.05, 3.63) is 38.9 Å². The van der Waals surface area contributed by atoms with E-state index in [1.165, 1.54) is 10.6 Å². The Kier molecular flexibility index (Phi) is 4.10. The number of carbonyl (C=O) groups excluding carboxylic acids is 1. The van der Waals surface area contributed by atoms with Crippen molar-refractivity contribution in [3.63, 3.8) is 0 Å². The van der Waals surface area contributed by atoms with Crippen LogP contribution in [0.15, 0.2) is 32.2 Å². The number of halogens is 1. The predicted molar refractivity (Wildman–Crippen MR) is 70.7 cm³/mol. The van der Waals surface area contributed by atoms with Gasteiger partial charge in [-0.2, -0.15) is 0 Å². The summed E-state index contributed by atoms with van der Waals surface area (Å²) in [4.78, 5) is 23.2. The number of hydrogen-bond acceptors (Lipinski definition) is 5. The normalized spacial score (nSPS) is 10.4. The van der Waals surface area contributed by atoms with Crippen LogP contribution in [0.3, 0.4) is 0 Å². The Morgan fingerprint density at radius 3 is 2.95 bits per heavy atom. The van der Waals surface area contributed by atoms with Crippen molar-refractivity contribution in [2.75, 3.05) is 5.32 Å². The molecule has 2 aromatic rings. The lowest BCUT2D eigenvalue weighted by Crippen LogP contribution is -2.22. The van der Waals surface area contributed by atoms with Crippen molar-refractivity contribution in [1.29, 1.82) is 0 Å². The van der Waals surface area contributed by atoms with Gasteiger partial charge in [0.15, 0.2) is 5.82 Å². The van der Waals surface area contributed by atoms with Crippen LogP contribution in [-0.4, -0.2) is 20.8 Å². The van der Waals surface area contributed by atoms with E-state index < -0.39 is 0 Å². The molecule has 0 unspecified atom stereocenters. The van der Waals surface area contributed by atoms with Crippen LogP contribution in [0.5, 0.6) is 0 Å². The zero-order chi connectivity index (χ0) is 13.8. The molecule has 0 saturated carbocycles. The number of nitrogens with zero attached hydrogens (tertiary/aromatic N) is 3. The lowest BCUT2D eigenvalue weighted by molar-refractivity contribution is -0.116. The molecule has 0 aromatic carbocycles. The highest BCUT2D eigenvalue weighted by Crippen LogP contribution is 2.08. The van der Waals surface area contributed by atoms with Gasteiger partial charge >= 0.3 is 0 Å². The number of carbonyl (C=O) groups is 1. The number of amides is 1. The molecule has 100 valence electrons. The number of anilines is 1. The molecule has 0 aliphatic heterocycles.